The van der Waals surface area contributed by atoms with Crippen molar-refractivity contribution in [3.63, 3.8) is 0 Å². The number of anilines is 1. The Kier molecular flexibility index (Phi) is 5.41. The highest BCUT2D eigenvalue weighted by Gasteiger charge is 2.20. The number of carboxylic acid groups (broad SMARTS) is 1. The molecular weight excluding hydrogens is 264 g/mol. The van der Waals surface area contributed by atoms with Crippen LogP contribution in [0.5, 0.6) is 0 Å². The van der Waals surface area contributed by atoms with E-state index in [4.69, 9.17) is 10.4 Å². The first-order chi connectivity index (χ1) is 9.49. The van der Waals surface area contributed by atoms with E-state index < -0.39 is 16.9 Å². The molecule has 0 radical (unpaired) electrons. The fraction of sp³-hybridized carbons (Fsp3) is 0.417. The summed E-state index contributed by atoms with van der Waals surface area (Å²) in [6.07, 6.45) is 2.92. The first-order valence-corrected chi connectivity index (χ1v) is 6.03. The van der Waals surface area contributed by atoms with Crippen molar-refractivity contribution in [1.29, 1.82) is 5.26 Å². The van der Waals surface area contributed by atoms with Gasteiger partial charge in [0, 0.05) is 6.07 Å². The average Bonchev–Trinajstić information content (AvgIpc) is 2.42. The summed E-state index contributed by atoms with van der Waals surface area (Å²) in [6, 6.07) is 1.95. The van der Waals surface area contributed by atoms with Crippen LogP contribution in [0.4, 0.5) is 11.5 Å². The second-order valence-electron chi connectivity index (χ2n) is 4.14. The van der Waals surface area contributed by atoms with Gasteiger partial charge < -0.3 is 10.4 Å². The van der Waals surface area contributed by atoms with Crippen LogP contribution in [0, 0.1) is 21.4 Å². The third kappa shape index (κ3) is 3.91. The SMILES string of the molecule is CCCCC(Nc1ncc([N+](=O)[O-])cc1C#N)C(=O)O. The van der Waals surface area contributed by atoms with Gasteiger partial charge in [-0.3, -0.25) is 10.1 Å². The van der Waals surface area contributed by atoms with E-state index in [1.54, 1.807) is 6.07 Å². The Hall–Kier alpha value is -2.69. The number of aliphatic carboxylic acids is 1. The Bertz CT molecular complexity index is 553. The van der Waals surface area contributed by atoms with Crippen LogP contribution < -0.4 is 5.32 Å². The van der Waals surface area contributed by atoms with Gasteiger partial charge in [-0.1, -0.05) is 19.8 Å². The zero-order chi connectivity index (χ0) is 15.1. The zero-order valence-corrected chi connectivity index (χ0v) is 10.9. The summed E-state index contributed by atoms with van der Waals surface area (Å²) in [5, 5.41) is 31.3. The van der Waals surface area contributed by atoms with Crippen molar-refractivity contribution in [2.75, 3.05) is 5.32 Å². The Morgan fingerprint density at radius 3 is 2.90 bits per heavy atom. The Morgan fingerprint density at radius 1 is 1.70 bits per heavy atom. The van der Waals surface area contributed by atoms with Crippen LogP contribution in [0.3, 0.4) is 0 Å². The van der Waals surface area contributed by atoms with Crippen molar-refractivity contribution in [3.05, 3.63) is 27.9 Å². The van der Waals surface area contributed by atoms with Crippen LogP contribution in [-0.2, 0) is 4.79 Å². The maximum atomic E-state index is 11.1. The van der Waals surface area contributed by atoms with Gasteiger partial charge in [0.2, 0.25) is 0 Å². The molecule has 0 aliphatic rings. The number of carbonyl (C=O) groups is 1. The van der Waals surface area contributed by atoms with Crippen LogP contribution in [0.1, 0.15) is 31.7 Å². The van der Waals surface area contributed by atoms with E-state index in [9.17, 15) is 14.9 Å². The summed E-state index contributed by atoms with van der Waals surface area (Å²) in [5.74, 6) is -1.01. The van der Waals surface area contributed by atoms with Crippen LogP contribution in [0.2, 0.25) is 0 Å². The molecule has 1 atom stereocenters. The number of rotatable bonds is 7. The number of nitrogens with zero attached hydrogens (tertiary/aromatic N) is 3. The molecule has 0 bridgehead atoms. The molecule has 0 fully saturated rings. The van der Waals surface area contributed by atoms with Gasteiger partial charge in [-0.05, 0) is 6.42 Å². The minimum atomic E-state index is -1.05. The fourth-order valence-electron chi connectivity index (χ4n) is 1.58. The lowest BCUT2D eigenvalue weighted by molar-refractivity contribution is -0.385. The zero-order valence-electron chi connectivity index (χ0n) is 10.9. The minimum absolute atomic E-state index is 0.0432. The van der Waals surface area contributed by atoms with Crippen LogP contribution >= 0.6 is 0 Å². The number of unbranched alkanes of at least 4 members (excludes halogenated alkanes) is 1. The number of nitriles is 1. The normalized spacial score (nSPS) is 11.4. The molecule has 0 spiro atoms. The van der Waals surface area contributed by atoms with Crippen LogP contribution in [0.15, 0.2) is 12.3 Å². The third-order valence-electron chi connectivity index (χ3n) is 2.66. The lowest BCUT2D eigenvalue weighted by Gasteiger charge is -2.15. The van der Waals surface area contributed by atoms with E-state index in [1.807, 2.05) is 6.92 Å². The molecule has 0 saturated heterocycles. The average molecular weight is 278 g/mol. The molecule has 0 aliphatic carbocycles. The van der Waals surface area contributed by atoms with Crippen molar-refractivity contribution in [3.8, 4) is 6.07 Å². The molecule has 20 heavy (non-hydrogen) atoms. The van der Waals surface area contributed by atoms with Crippen molar-refractivity contribution in [2.24, 2.45) is 0 Å². The number of pyridine rings is 1. The molecule has 1 rings (SSSR count). The van der Waals surface area contributed by atoms with Gasteiger partial charge in [-0.15, -0.1) is 0 Å². The number of hydrogen-bond acceptors (Lipinski definition) is 6. The number of nitrogens with one attached hydrogen (secondary N) is 1. The van der Waals surface area contributed by atoms with Gasteiger partial charge in [0.25, 0.3) is 5.69 Å². The second-order valence-corrected chi connectivity index (χ2v) is 4.14. The Morgan fingerprint density at radius 2 is 2.40 bits per heavy atom. The number of nitro groups is 1. The van der Waals surface area contributed by atoms with Crippen LogP contribution in [0.25, 0.3) is 0 Å². The summed E-state index contributed by atoms with van der Waals surface area (Å²) in [6.45, 7) is 1.93. The molecule has 0 aliphatic heterocycles. The van der Waals surface area contributed by atoms with Gasteiger partial charge >= 0.3 is 5.97 Å². The van der Waals surface area contributed by atoms with E-state index in [2.05, 4.69) is 10.3 Å². The van der Waals surface area contributed by atoms with Gasteiger partial charge in [-0.25, -0.2) is 9.78 Å². The van der Waals surface area contributed by atoms with Gasteiger partial charge in [-0.2, -0.15) is 5.26 Å². The van der Waals surface area contributed by atoms with Crippen LogP contribution in [-0.4, -0.2) is 27.0 Å². The maximum Gasteiger partial charge on any atom is 0.326 e. The molecule has 8 heteroatoms. The molecular formula is C12H14N4O4. The molecule has 0 aromatic carbocycles. The first kappa shape index (κ1) is 15.4. The van der Waals surface area contributed by atoms with E-state index in [0.717, 1.165) is 18.7 Å². The molecule has 1 aromatic rings. The molecule has 0 saturated carbocycles. The van der Waals surface area contributed by atoms with Crippen molar-refractivity contribution < 1.29 is 14.8 Å². The second kappa shape index (κ2) is 7.04. The lowest BCUT2D eigenvalue weighted by atomic mass is 10.1. The topological polar surface area (TPSA) is 129 Å². The highest BCUT2D eigenvalue weighted by molar-refractivity contribution is 5.77. The number of carboxylic acids is 1. The predicted octanol–water partition coefficient (Wildman–Crippen LogP) is 1.92. The monoisotopic (exact) mass is 278 g/mol. The smallest absolute Gasteiger partial charge is 0.326 e. The summed E-state index contributed by atoms with van der Waals surface area (Å²) < 4.78 is 0. The standard InChI is InChI=1S/C12H14N4O4/c1-2-3-4-10(12(17)18)15-11-8(6-13)5-9(7-14-11)16(19)20/h5,7,10H,2-4H2,1H3,(H,14,15)(H,17,18). The Labute approximate surface area is 115 Å². The van der Waals surface area contributed by atoms with E-state index in [0.29, 0.717) is 12.8 Å². The molecule has 106 valence electrons. The summed E-state index contributed by atoms with van der Waals surface area (Å²) in [7, 11) is 0. The highest BCUT2D eigenvalue weighted by Crippen LogP contribution is 2.19. The highest BCUT2D eigenvalue weighted by atomic mass is 16.6. The predicted molar refractivity (Wildman–Crippen MR) is 70.2 cm³/mol. The molecule has 2 N–H and O–H groups in total. The number of hydrogen-bond donors (Lipinski definition) is 2. The summed E-state index contributed by atoms with van der Waals surface area (Å²) in [4.78, 5) is 24.8. The number of aromatic nitrogens is 1. The van der Waals surface area contributed by atoms with E-state index >= 15 is 0 Å². The Balaban J connectivity index is 2.98. The molecule has 1 heterocycles. The first-order valence-electron chi connectivity index (χ1n) is 6.03. The van der Waals surface area contributed by atoms with E-state index in [-0.39, 0.29) is 17.1 Å². The summed E-state index contributed by atoms with van der Waals surface area (Å²) >= 11 is 0. The minimum Gasteiger partial charge on any atom is -0.480 e. The van der Waals surface area contributed by atoms with Gasteiger partial charge in [0.15, 0.2) is 0 Å². The van der Waals surface area contributed by atoms with Crippen molar-refractivity contribution in [2.45, 2.75) is 32.2 Å². The quantitative estimate of drug-likeness (QED) is 0.575. The third-order valence-corrected chi connectivity index (χ3v) is 2.66. The van der Waals surface area contributed by atoms with Gasteiger partial charge in [0.05, 0.1) is 4.92 Å². The van der Waals surface area contributed by atoms with Crippen molar-refractivity contribution >= 4 is 17.5 Å². The molecule has 0 amide bonds. The largest absolute Gasteiger partial charge is 0.480 e. The summed E-state index contributed by atoms with van der Waals surface area (Å²) in [5.41, 5.74) is -0.366. The molecule has 1 unspecified atom stereocenters. The lowest BCUT2D eigenvalue weighted by Crippen LogP contribution is -2.30. The fourth-order valence-corrected chi connectivity index (χ4v) is 1.58. The maximum absolute atomic E-state index is 11.1. The molecule has 8 nitrogen and oxygen atoms in total. The van der Waals surface area contributed by atoms with E-state index in [1.165, 1.54) is 0 Å². The van der Waals surface area contributed by atoms with Crippen molar-refractivity contribution in [1.82, 2.24) is 4.98 Å². The molecule has 1 aromatic heterocycles. The van der Waals surface area contributed by atoms with Gasteiger partial charge in [0.1, 0.15) is 29.7 Å².